The number of nitrogens with one attached hydrogen (secondary N) is 1. The van der Waals surface area contributed by atoms with E-state index in [1.807, 2.05) is 6.92 Å². The van der Waals surface area contributed by atoms with Crippen LogP contribution in [0, 0.1) is 6.92 Å². The van der Waals surface area contributed by atoms with Gasteiger partial charge in [0, 0.05) is 11.4 Å². The fourth-order valence-corrected chi connectivity index (χ4v) is 2.61. The first-order chi connectivity index (χ1) is 9.01. The first-order valence-corrected chi connectivity index (χ1v) is 7.60. The van der Waals surface area contributed by atoms with Crippen molar-refractivity contribution in [2.45, 2.75) is 32.6 Å². The molecule has 5 nitrogen and oxygen atoms in total. The van der Waals surface area contributed by atoms with Crippen LogP contribution in [0.3, 0.4) is 0 Å². The zero-order valence-electron chi connectivity index (χ0n) is 11.1. The Morgan fingerprint density at radius 1 is 1.37 bits per heavy atom. The van der Waals surface area contributed by atoms with E-state index in [1.54, 1.807) is 0 Å². The van der Waals surface area contributed by atoms with Gasteiger partial charge in [0.1, 0.15) is 0 Å². The Hall–Kier alpha value is -1.05. The number of carboxylic acid groups (broad SMARTS) is 1. The third-order valence-electron chi connectivity index (χ3n) is 2.92. The molecule has 2 N–H and O–H groups in total. The van der Waals surface area contributed by atoms with Crippen molar-refractivity contribution in [3.63, 3.8) is 0 Å². The topological polar surface area (TPSA) is 79.4 Å². The number of hydrogen-bond donors (Lipinski definition) is 2. The van der Waals surface area contributed by atoms with E-state index in [4.69, 9.17) is 9.84 Å². The second kappa shape index (κ2) is 7.52. The van der Waals surface area contributed by atoms with Crippen LogP contribution in [0.25, 0.3) is 0 Å². The van der Waals surface area contributed by atoms with E-state index in [2.05, 4.69) is 27.6 Å². The molecule has 0 saturated heterocycles. The molecule has 1 aromatic heterocycles. The van der Waals surface area contributed by atoms with E-state index in [-0.39, 0.29) is 6.42 Å². The Bertz CT molecular complexity index is 467. The van der Waals surface area contributed by atoms with Crippen LogP contribution < -0.4 is 0 Å². The van der Waals surface area contributed by atoms with Crippen molar-refractivity contribution in [2.24, 2.45) is 0 Å². The number of carbonyl (C=O) groups is 2. The molecule has 0 spiro atoms. The van der Waals surface area contributed by atoms with Crippen LogP contribution in [0.2, 0.25) is 0 Å². The minimum atomic E-state index is -0.967. The summed E-state index contributed by atoms with van der Waals surface area (Å²) < 4.78 is 5.83. The van der Waals surface area contributed by atoms with Crippen molar-refractivity contribution in [3.8, 4) is 0 Å². The number of unbranched alkanes of at least 4 members (excludes halogenated alkanes) is 1. The van der Waals surface area contributed by atoms with Gasteiger partial charge in [-0.25, -0.2) is 4.79 Å². The van der Waals surface area contributed by atoms with Gasteiger partial charge in [-0.2, -0.15) is 0 Å². The smallest absolute Gasteiger partial charge is 0.339 e. The number of H-pyrrole nitrogens is 1. The monoisotopic (exact) mass is 379 g/mol. The third-order valence-corrected chi connectivity index (χ3v) is 3.69. The number of hydrogen-bond acceptors (Lipinski definition) is 3. The quantitative estimate of drug-likeness (QED) is 0.330. The predicted molar refractivity (Wildman–Crippen MR) is 80.0 cm³/mol. The number of aliphatic carboxylic acids is 1. The van der Waals surface area contributed by atoms with E-state index in [1.165, 1.54) is 7.11 Å². The second-order valence-electron chi connectivity index (χ2n) is 4.29. The summed E-state index contributed by atoms with van der Waals surface area (Å²) in [4.78, 5) is 25.7. The van der Waals surface area contributed by atoms with Gasteiger partial charge in [0.25, 0.3) is 0 Å². The van der Waals surface area contributed by atoms with Gasteiger partial charge in [0.05, 0.1) is 19.1 Å². The van der Waals surface area contributed by atoms with Crippen LogP contribution in [0.4, 0.5) is 0 Å². The summed E-state index contributed by atoms with van der Waals surface area (Å²) in [5.74, 6) is -1.43. The number of methoxy groups -OCH3 is 1. The number of halogens is 1. The van der Waals surface area contributed by atoms with E-state index in [0.29, 0.717) is 11.3 Å². The minimum absolute atomic E-state index is 0.197. The Kier molecular flexibility index (Phi) is 6.33. The maximum absolute atomic E-state index is 11.8. The van der Waals surface area contributed by atoms with Gasteiger partial charge < -0.3 is 14.8 Å². The Morgan fingerprint density at radius 3 is 2.58 bits per heavy atom. The van der Waals surface area contributed by atoms with Crippen LogP contribution in [0.15, 0.2) is 0 Å². The first kappa shape index (κ1) is 16.0. The van der Waals surface area contributed by atoms with Crippen molar-refractivity contribution in [3.05, 3.63) is 22.5 Å². The molecule has 0 bridgehead atoms. The Labute approximate surface area is 125 Å². The Morgan fingerprint density at radius 2 is 2.05 bits per heavy atom. The molecule has 0 aliphatic carbocycles. The Balaban J connectivity index is 3.09. The molecule has 106 valence electrons. The summed E-state index contributed by atoms with van der Waals surface area (Å²) in [6.45, 7) is 1.86. The van der Waals surface area contributed by atoms with E-state index in [9.17, 15) is 9.59 Å². The number of esters is 1. The number of alkyl halides is 1. The van der Waals surface area contributed by atoms with Gasteiger partial charge in [-0.15, -0.1) is 0 Å². The normalized spacial score (nSPS) is 10.5. The fraction of sp³-hybridized carbons (Fsp3) is 0.538. The molecule has 0 saturated carbocycles. The van der Waals surface area contributed by atoms with Crippen LogP contribution in [0.1, 0.15) is 40.2 Å². The number of aryl methyl sites for hydroxylation is 1. The first-order valence-electron chi connectivity index (χ1n) is 6.07. The summed E-state index contributed by atoms with van der Waals surface area (Å²) in [7, 11) is 1.31. The summed E-state index contributed by atoms with van der Waals surface area (Å²) in [6, 6.07) is 0. The van der Waals surface area contributed by atoms with Gasteiger partial charge in [0.2, 0.25) is 0 Å². The molecule has 1 rings (SSSR count). The summed E-state index contributed by atoms with van der Waals surface area (Å²) in [5, 5.41) is 8.89. The number of carboxylic acids is 1. The van der Waals surface area contributed by atoms with Gasteiger partial charge in [0.15, 0.2) is 0 Å². The summed E-state index contributed by atoms with van der Waals surface area (Å²) in [5.41, 5.74) is 2.57. The largest absolute Gasteiger partial charge is 0.481 e. The molecule has 0 atom stereocenters. The lowest BCUT2D eigenvalue weighted by Gasteiger charge is -2.05. The molecule has 0 amide bonds. The zero-order valence-corrected chi connectivity index (χ0v) is 13.2. The predicted octanol–water partition coefficient (Wildman–Crippen LogP) is 2.49. The minimum Gasteiger partial charge on any atom is -0.481 e. The number of ether oxygens (including phenoxy) is 1. The highest BCUT2D eigenvalue weighted by atomic mass is 127. The van der Waals surface area contributed by atoms with Crippen LogP contribution in [-0.4, -0.2) is 33.6 Å². The highest BCUT2D eigenvalue weighted by Gasteiger charge is 2.22. The lowest BCUT2D eigenvalue weighted by atomic mass is 10.0. The number of carbonyl (C=O) groups excluding carboxylic acids is 1. The molecule has 0 aromatic carbocycles. The fourth-order valence-electron chi connectivity index (χ4n) is 2.07. The molecule has 0 unspecified atom stereocenters. The summed E-state index contributed by atoms with van der Waals surface area (Å²) >= 11 is 2.31. The number of rotatable bonds is 7. The van der Waals surface area contributed by atoms with Gasteiger partial charge in [-0.3, -0.25) is 4.79 Å². The van der Waals surface area contributed by atoms with E-state index in [0.717, 1.165) is 34.9 Å². The van der Waals surface area contributed by atoms with Crippen molar-refractivity contribution in [2.75, 3.05) is 11.5 Å². The van der Waals surface area contributed by atoms with E-state index >= 15 is 0 Å². The number of aromatic nitrogens is 1. The third kappa shape index (κ3) is 4.22. The summed E-state index contributed by atoms with van der Waals surface area (Å²) in [6.07, 6.45) is 2.60. The molecule has 0 fully saturated rings. The highest BCUT2D eigenvalue weighted by molar-refractivity contribution is 14.1. The lowest BCUT2D eigenvalue weighted by Crippen LogP contribution is -2.10. The van der Waals surface area contributed by atoms with Crippen LogP contribution >= 0.6 is 22.6 Å². The van der Waals surface area contributed by atoms with Gasteiger partial charge >= 0.3 is 11.9 Å². The van der Waals surface area contributed by atoms with Gasteiger partial charge in [-0.1, -0.05) is 22.6 Å². The van der Waals surface area contributed by atoms with Crippen molar-refractivity contribution in [1.29, 1.82) is 0 Å². The zero-order chi connectivity index (χ0) is 14.4. The molecule has 19 heavy (non-hydrogen) atoms. The standard InChI is InChI=1S/C13H18INO4/c1-8-9(5-3-4-6-14)12(13(18)19-2)10(15-8)7-11(16)17/h15H,3-7H2,1-2H3,(H,16,17). The average Bonchev–Trinajstić information content (AvgIpc) is 2.64. The average molecular weight is 379 g/mol. The molecule has 0 aliphatic rings. The van der Waals surface area contributed by atoms with Crippen molar-refractivity contribution in [1.82, 2.24) is 4.98 Å². The molecule has 6 heteroatoms. The van der Waals surface area contributed by atoms with Crippen LogP contribution in [-0.2, 0) is 22.4 Å². The van der Waals surface area contributed by atoms with Crippen LogP contribution in [0.5, 0.6) is 0 Å². The van der Waals surface area contributed by atoms with Gasteiger partial charge in [-0.05, 0) is 36.2 Å². The van der Waals surface area contributed by atoms with Crippen molar-refractivity contribution < 1.29 is 19.4 Å². The van der Waals surface area contributed by atoms with E-state index < -0.39 is 11.9 Å². The molecule has 1 aromatic rings. The molecular formula is C13H18INO4. The van der Waals surface area contributed by atoms with Crippen molar-refractivity contribution >= 4 is 34.5 Å². The second-order valence-corrected chi connectivity index (χ2v) is 5.37. The number of aromatic amines is 1. The molecule has 0 aliphatic heterocycles. The maximum Gasteiger partial charge on any atom is 0.339 e. The molecule has 1 heterocycles. The molecular weight excluding hydrogens is 361 g/mol. The highest BCUT2D eigenvalue weighted by Crippen LogP contribution is 2.22. The lowest BCUT2D eigenvalue weighted by molar-refractivity contribution is -0.136. The molecule has 0 radical (unpaired) electrons. The SMILES string of the molecule is COC(=O)c1c(CC(=O)O)[nH]c(C)c1CCCCI. The maximum atomic E-state index is 11.8.